The topological polar surface area (TPSA) is 29.5 Å². The van der Waals surface area contributed by atoms with Crippen LogP contribution >= 0.6 is 0 Å². The van der Waals surface area contributed by atoms with Gasteiger partial charge in [-0.3, -0.25) is 4.79 Å². The summed E-state index contributed by atoms with van der Waals surface area (Å²) < 4.78 is 40.6. The van der Waals surface area contributed by atoms with Crippen LogP contribution in [0.5, 0.6) is 5.75 Å². The van der Waals surface area contributed by atoms with Crippen LogP contribution in [0.1, 0.15) is 44.1 Å². The summed E-state index contributed by atoms with van der Waals surface area (Å²) >= 11 is 0. The molecule has 0 heterocycles. The Hall–Kier alpha value is -1.72. The van der Waals surface area contributed by atoms with Gasteiger partial charge in [0, 0.05) is 13.6 Å². The van der Waals surface area contributed by atoms with E-state index < -0.39 is 6.36 Å². The highest BCUT2D eigenvalue weighted by Crippen LogP contribution is 2.60. The summed E-state index contributed by atoms with van der Waals surface area (Å²) in [6.45, 7) is 0.410. The number of halogens is 3. The average molecular weight is 367 g/mol. The zero-order chi connectivity index (χ0) is 18.5. The zero-order valence-corrected chi connectivity index (χ0v) is 14.9. The number of alkyl halides is 3. The van der Waals surface area contributed by atoms with E-state index in [1.807, 2.05) is 0 Å². The van der Waals surface area contributed by atoms with Gasteiger partial charge in [0.25, 0.3) is 0 Å². The number of carbonyl (C=O) groups is 1. The molecule has 26 heavy (non-hydrogen) atoms. The van der Waals surface area contributed by atoms with Gasteiger partial charge in [-0.15, -0.1) is 13.2 Å². The van der Waals surface area contributed by atoms with Crippen LogP contribution in [0.25, 0.3) is 0 Å². The van der Waals surface area contributed by atoms with E-state index in [2.05, 4.69) is 4.74 Å². The maximum atomic E-state index is 13.2. The average Bonchev–Trinajstić information content (AvgIpc) is 2.53. The lowest BCUT2D eigenvalue weighted by Gasteiger charge is -2.56. The van der Waals surface area contributed by atoms with Gasteiger partial charge in [0.15, 0.2) is 0 Å². The maximum Gasteiger partial charge on any atom is 0.573 e. The Bertz CT molecular complexity index is 648. The molecule has 5 rings (SSSR count). The molecular formula is C20H24F3NO2. The predicted molar refractivity (Wildman–Crippen MR) is 90.2 cm³/mol. The van der Waals surface area contributed by atoms with Gasteiger partial charge in [0.2, 0.25) is 5.91 Å². The second-order valence-electron chi connectivity index (χ2n) is 8.55. The third-order valence-corrected chi connectivity index (χ3v) is 6.42. The van der Waals surface area contributed by atoms with E-state index >= 15 is 0 Å². The molecule has 0 atom stereocenters. The lowest BCUT2D eigenvalue weighted by molar-refractivity contribution is -0.274. The molecular weight excluding hydrogens is 343 g/mol. The lowest BCUT2D eigenvalue weighted by atomic mass is 9.49. The van der Waals surface area contributed by atoms with Crippen LogP contribution in [0, 0.1) is 23.2 Å². The molecule has 4 saturated carbocycles. The van der Waals surface area contributed by atoms with E-state index in [9.17, 15) is 18.0 Å². The minimum absolute atomic E-state index is 0.192. The largest absolute Gasteiger partial charge is 0.573 e. The molecule has 0 unspecified atom stereocenters. The first-order valence-corrected chi connectivity index (χ1v) is 9.33. The highest BCUT2D eigenvalue weighted by atomic mass is 19.4. The van der Waals surface area contributed by atoms with Gasteiger partial charge in [-0.05, 0) is 74.0 Å². The normalized spacial score (nSPS) is 32.5. The Morgan fingerprint density at radius 2 is 1.58 bits per heavy atom. The van der Waals surface area contributed by atoms with Crippen LogP contribution in [0.3, 0.4) is 0 Å². The number of nitrogens with zero attached hydrogens (tertiary/aromatic N) is 1. The van der Waals surface area contributed by atoms with Crippen molar-refractivity contribution in [1.82, 2.24) is 4.90 Å². The van der Waals surface area contributed by atoms with Crippen LogP contribution in [-0.4, -0.2) is 24.2 Å². The van der Waals surface area contributed by atoms with Crippen LogP contribution in [0.2, 0.25) is 0 Å². The van der Waals surface area contributed by atoms with Crippen molar-refractivity contribution in [2.75, 3.05) is 7.05 Å². The molecule has 6 heteroatoms. The van der Waals surface area contributed by atoms with Gasteiger partial charge in [0.1, 0.15) is 5.75 Å². The smallest absolute Gasteiger partial charge is 0.406 e. The number of rotatable bonds is 4. The lowest BCUT2D eigenvalue weighted by Crippen LogP contribution is -2.53. The van der Waals surface area contributed by atoms with Crippen LogP contribution in [0.4, 0.5) is 13.2 Å². The minimum atomic E-state index is -4.69. The number of benzene rings is 1. The fourth-order valence-corrected chi connectivity index (χ4v) is 5.92. The molecule has 0 spiro atoms. The summed E-state index contributed by atoms with van der Waals surface area (Å²) in [4.78, 5) is 15.0. The monoisotopic (exact) mass is 367 g/mol. The molecule has 4 aliphatic rings. The Morgan fingerprint density at radius 3 is 2.04 bits per heavy atom. The molecule has 1 aromatic carbocycles. The van der Waals surface area contributed by atoms with Gasteiger partial charge in [-0.1, -0.05) is 12.1 Å². The summed E-state index contributed by atoms with van der Waals surface area (Å²) in [6, 6.07) is 5.77. The van der Waals surface area contributed by atoms with Crippen LogP contribution < -0.4 is 4.74 Å². The van der Waals surface area contributed by atoms with Crippen molar-refractivity contribution in [3.63, 3.8) is 0 Å². The summed E-state index contributed by atoms with van der Waals surface area (Å²) in [5.41, 5.74) is 0.614. The fraction of sp³-hybridized carbons (Fsp3) is 0.650. The molecule has 142 valence electrons. The molecule has 0 radical (unpaired) electrons. The third kappa shape index (κ3) is 3.42. The van der Waals surface area contributed by atoms with E-state index in [1.54, 1.807) is 24.1 Å². The maximum absolute atomic E-state index is 13.2. The second kappa shape index (κ2) is 6.17. The first-order chi connectivity index (χ1) is 12.2. The molecule has 1 aromatic rings. The van der Waals surface area contributed by atoms with Gasteiger partial charge >= 0.3 is 6.36 Å². The highest BCUT2D eigenvalue weighted by molar-refractivity contribution is 5.83. The molecule has 0 saturated heterocycles. The summed E-state index contributed by atoms with van der Waals surface area (Å²) in [5, 5.41) is 0. The van der Waals surface area contributed by atoms with Crippen LogP contribution in [0.15, 0.2) is 24.3 Å². The van der Waals surface area contributed by atoms with Crippen molar-refractivity contribution >= 4 is 5.91 Å². The third-order valence-electron chi connectivity index (χ3n) is 6.42. The molecule has 0 aromatic heterocycles. The van der Waals surface area contributed by atoms with Crippen LogP contribution in [-0.2, 0) is 11.3 Å². The van der Waals surface area contributed by atoms with E-state index in [4.69, 9.17) is 0 Å². The van der Waals surface area contributed by atoms with Crippen molar-refractivity contribution in [2.45, 2.75) is 51.4 Å². The van der Waals surface area contributed by atoms with Gasteiger partial charge in [-0.25, -0.2) is 0 Å². The highest BCUT2D eigenvalue weighted by Gasteiger charge is 2.55. The van der Waals surface area contributed by atoms with E-state index in [1.165, 1.54) is 31.4 Å². The van der Waals surface area contributed by atoms with Crippen molar-refractivity contribution in [2.24, 2.45) is 23.2 Å². The number of hydrogen-bond donors (Lipinski definition) is 0. The Labute approximate surface area is 151 Å². The molecule has 0 N–H and O–H groups in total. The van der Waals surface area contributed by atoms with Crippen molar-refractivity contribution in [1.29, 1.82) is 0 Å². The van der Waals surface area contributed by atoms with Crippen molar-refractivity contribution in [3.8, 4) is 5.75 Å². The van der Waals surface area contributed by atoms with E-state index in [-0.39, 0.29) is 17.1 Å². The Kier molecular flexibility index (Phi) is 4.20. The standard InChI is InChI=1S/C20H24F3NO2/c1-24(12-13-2-4-17(5-3-13)26-20(21,22)23)18(25)19-9-14-6-15(10-19)8-16(7-14)11-19/h2-5,14-16H,6-12H2,1H3. The fourth-order valence-electron chi connectivity index (χ4n) is 5.92. The summed E-state index contributed by atoms with van der Waals surface area (Å²) in [7, 11) is 1.81. The summed E-state index contributed by atoms with van der Waals surface area (Å²) in [6.07, 6.45) is 2.22. The quantitative estimate of drug-likeness (QED) is 0.768. The molecule has 4 aliphatic carbocycles. The van der Waals surface area contributed by atoms with E-state index in [0.717, 1.165) is 24.8 Å². The first kappa shape index (κ1) is 17.7. The van der Waals surface area contributed by atoms with Gasteiger partial charge < -0.3 is 9.64 Å². The molecule has 3 nitrogen and oxygen atoms in total. The Morgan fingerprint density at radius 1 is 1.08 bits per heavy atom. The molecule has 4 bridgehead atoms. The minimum Gasteiger partial charge on any atom is -0.406 e. The number of hydrogen-bond acceptors (Lipinski definition) is 2. The van der Waals surface area contributed by atoms with Gasteiger partial charge in [-0.2, -0.15) is 0 Å². The number of amides is 1. The van der Waals surface area contributed by atoms with Crippen molar-refractivity contribution in [3.05, 3.63) is 29.8 Å². The molecule has 4 fully saturated rings. The second-order valence-corrected chi connectivity index (χ2v) is 8.55. The van der Waals surface area contributed by atoms with Gasteiger partial charge in [0.05, 0.1) is 5.41 Å². The summed E-state index contributed by atoms with van der Waals surface area (Å²) in [5.74, 6) is 2.09. The zero-order valence-electron chi connectivity index (χ0n) is 14.9. The SMILES string of the molecule is CN(Cc1ccc(OC(F)(F)F)cc1)C(=O)C12CC3CC(CC(C3)C1)C2. The molecule has 0 aliphatic heterocycles. The predicted octanol–water partition coefficient (Wildman–Crippen LogP) is 4.76. The number of carbonyl (C=O) groups excluding carboxylic acids is 1. The van der Waals surface area contributed by atoms with E-state index in [0.29, 0.717) is 24.3 Å². The molecule has 1 amide bonds. The van der Waals surface area contributed by atoms with Crippen molar-refractivity contribution < 1.29 is 22.7 Å². The first-order valence-electron chi connectivity index (χ1n) is 9.33. The Balaban J connectivity index is 1.42. The number of ether oxygens (including phenoxy) is 1.